The van der Waals surface area contributed by atoms with Gasteiger partial charge in [0.1, 0.15) is 6.10 Å². The topological polar surface area (TPSA) is 21.8 Å². The molecule has 4 nitrogen and oxygen atoms in total. The molecule has 1 rings (SSSR count). The van der Waals surface area contributed by atoms with E-state index in [-0.39, 0.29) is 23.2 Å². The normalized spacial score (nSPS) is 25.7. The van der Waals surface area contributed by atoms with Crippen LogP contribution in [0.25, 0.3) is 0 Å². The number of epoxide rings is 1. The van der Waals surface area contributed by atoms with E-state index in [0.717, 1.165) is 6.61 Å². The van der Waals surface area contributed by atoms with Crippen molar-refractivity contribution in [1.29, 1.82) is 0 Å². The van der Waals surface area contributed by atoms with Gasteiger partial charge in [-0.15, -0.1) is 0 Å². The molecule has 108 valence electrons. The molecule has 0 N–H and O–H groups in total. The predicted octanol–water partition coefficient (Wildman–Crippen LogP) is 1.31. The Morgan fingerprint density at radius 3 is 1.72 bits per heavy atom. The van der Waals surface area contributed by atoms with Crippen molar-refractivity contribution < 1.29 is 18.4 Å². The van der Waals surface area contributed by atoms with Crippen LogP contribution in [-0.4, -0.2) is 87.7 Å². The van der Waals surface area contributed by atoms with Crippen molar-refractivity contribution in [2.75, 3.05) is 55.5 Å². The molecule has 1 aliphatic rings. The lowest BCUT2D eigenvalue weighted by molar-refractivity contribution is -0.910. The molecule has 0 aliphatic carbocycles. The number of hydrogen-bond acceptors (Lipinski definition) is 2. The lowest BCUT2D eigenvalue weighted by Crippen LogP contribution is -2.59. The van der Waals surface area contributed by atoms with Crippen LogP contribution >= 0.6 is 23.2 Å². The fourth-order valence-corrected chi connectivity index (χ4v) is 2.05. The number of ether oxygens (including phenoxy) is 2. The molecular formula is C12H26Cl2N2O2+2. The maximum atomic E-state index is 6.54. The molecule has 0 aromatic carbocycles. The standard InChI is InChI=1S/C12H26Cl2N2O2/c1-15(2,3)11(13)10(12(14)16(4,5)6)18-8-9-7-17-9/h9-12H,7-8H2,1-6H3/q+2. The Kier molecular flexibility index (Phi) is 5.32. The van der Waals surface area contributed by atoms with Crippen LogP contribution in [0.3, 0.4) is 0 Å². The average Bonchev–Trinajstić information content (AvgIpc) is 2.98. The second-order valence-electron chi connectivity index (χ2n) is 6.73. The lowest BCUT2D eigenvalue weighted by Gasteiger charge is -2.40. The maximum absolute atomic E-state index is 6.54. The molecular weight excluding hydrogens is 275 g/mol. The fraction of sp³-hybridized carbons (Fsp3) is 1.00. The molecule has 0 saturated carbocycles. The highest BCUT2D eigenvalue weighted by Crippen LogP contribution is 2.26. The molecule has 1 saturated heterocycles. The first kappa shape index (κ1) is 16.5. The second kappa shape index (κ2) is 5.81. The molecule has 0 radical (unpaired) electrons. The van der Waals surface area contributed by atoms with E-state index in [9.17, 15) is 0 Å². The monoisotopic (exact) mass is 300 g/mol. The lowest BCUT2D eigenvalue weighted by atomic mass is 10.2. The molecule has 0 bridgehead atoms. The predicted molar refractivity (Wildman–Crippen MR) is 74.8 cm³/mol. The summed E-state index contributed by atoms with van der Waals surface area (Å²) in [6.45, 7) is 1.35. The van der Waals surface area contributed by atoms with Crippen LogP contribution in [0.4, 0.5) is 0 Å². The molecule has 0 aromatic heterocycles. The van der Waals surface area contributed by atoms with Gasteiger partial charge in [-0.2, -0.15) is 0 Å². The number of alkyl halides is 2. The van der Waals surface area contributed by atoms with E-state index in [1.54, 1.807) is 0 Å². The Balaban J connectivity index is 2.72. The zero-order valence-electron chi connectivity index (χ0n) is 12.2. The Labute approximate surface area is 121 Å². The number of hydrogen-bond donors (Lipinski definition) is 0. The number of halogens is 2. The number of likely N-dealkylation sites (N-methyl/N-ethyl adjacent to an activating group) is 2. The van der Waals surface area contributed by atoms with Gasteiger partial charge in [-0.3, -0.25) is 0 Å². The smallest absolute Gasteiger partial charge is 0.198 e. The molecule has 0 amide bonds. The van der Waals surface area contributed by atoms with Crippen LogP contribution < -0.4 is 0 Å². The van der Waals surface area contributed by atoms with Gasteiger partial charge >= 0.3 is 0 Å². The number of quaternary nitrogens is 2. The van der Waals surface area contributed by atoms with E-state index in [4.69, 9.17) is 32.7 Å². The van der Waals surface area contributed by atoms with Crippen molar-refractivity contribution in [2.45, 2.75) is 23.2 Å². The minimum Gasteiger partial charge on any atom is -0.371 e. The van der Waals surface area contributed by atoms with Crippen molar-refractivity contribution >= 4 is 23.2 Å². The molecule has 18 heavy (non-hydrogen) atoms. The van der Waals surface area contributed by atoms with Crippen LogP contribution in [0, 0.1) is 0 Å². The SMILES string of the molecule is C[N+](C)(C)C(Cl)C(OCC1CO1)C(Cl)[N+](C)(C)C. The quantitative estimate of drug-likeness (QED) is 0.306. The summed E-state index contributed by atoms with van der Waals surface area (Å²) in [4.78, 5) is 0. The van der Waals surface area contributed by atoms with Crippen LogP contribution in [0.5, 0.6) is 0 Å². The van der Waals surface area contributed by atoms with Gasteiger partial charge in [0.25, 0.3) is 0 Å². The number of nitrogens with zero attached hydrogens (tertiary/aromatic N) is 2. The first-order valence-corrected chi connectivity index (χ1v) is 7.04. The summed E-state index contributed by atoms with van der Waals surface area (Å²) in [7, 11) is 12.3. The summed E-state index contributed by atoms with van der Waals surface area (Å²) in [5.74, 6) is 0. The molecule has 3 unspecified atom stereocenters. The summed E-state index contributed by atoms with van der Waals surface area (Å²) in [5, 5.41) is 0. The number of rotatable bonds is 7. The van der Waals surface area contributed by atoms with E-state index in [2.05, 4.69) is 0 Å². The van der Waals surface area contributed by atoms with Gasteiger partial charge in [-0.25, -0.2) is 0 Å². The van der Waals surface area contributed by atoms with Gasteiger partial charge in [-0.1, -0.05) is 23.2 Å². The molecule has 6 heteroatoms. The maximum Gasteiger partial charge on any atom is 0.198 e. The minimum atomic E-state index is -0.225. The van der Waals surface area contributed by atoms with Crippen molar-refractivity contribution in [2.24, 2.45) is 0 Å². The van der Waals surface area contributed by atoms with Gasteiger partial charge in [0.15, 0.2) is 17.1 Å². The highest BCUT2D eigenvalue weighted by atomic mass is 35.5. The largest absolute Gasteiger partial charge is 0.371 e. The van der Waals surface area contributed by atoms with Gasteiger partial charge in [-0.05, 0) is 0 Å². The highest BCUT2D eigenvalue weighted by molar-refractivity contribution is 6.23. The van der Waals surface area contributed by atoms with Crippen molar-refractivity contribution in [1.82, 2.24) is 0 Å². The highest BCUT2D eigenvalue weighted by Gasteiger charge is 2.44. The molecule has 1 aliphatic heterocycles. The van der Waals surface area contributed by atoms with E-state index in [0.29, 0.717) is 15.6 Å². The molecule has 0 spiro atoms. The van der Waals surface area contributed by atoms with Gasteiger partial charge in [0.05, 0.1) is 55.5 Å². The molecule has 3 atom stereocenters. The minimum absolute atomic E-state index is 0.205. The summed E-state index contributed by atoms with van der Waals surface area (Å²) in [5.41, 5.74) is -0.410. The zero-order chi connectivity index (χ0) is 14.1. The Morgan fingerprint density at radius 2 is 1.44 bits per heavy atom. The second-order valence-corrected chi connectivity index (χ2v) is 7.63. The Bertz CT molecular complexity index is 252. The molecule has 1 fully saturated rings. The van der Waals surface area contributed by atoms with E-state index >= 15 is 0 Å². The van der Waals surface area contributed by atoms with Crippen molar-refractivity contribution in [3.63, 3.8) is 0 Å². The summed E-state index contributed by atoms with van der Waals surface area (Å²) in [6, 6.07) is 0. The van der Waals surface area contributed by atoms with Gasteiger partial charge < -0.3 is 18.4 Å². The first-order valence-electron chi connectivity index (χ1n) is 6.17. The zero-order valence-corrected chi connectivity index (χ0v) is 13.7. The average molecular weight is 301 g/mol. The van der Waals surface area contributed by atoms with E-state index in [1.807, 2.05) is 42.3 Å². The molecule has 0 aromatic rings. The molecule has 1 heterocycles. The third-order valence-electron chi connectivity index (χ3n) is 2.90. The van der Waals surface area contributed by atoms with E-state index in [1.165, 1.54) is 0 Å². The first-order chi connectivity index (χ1) is 8.03. The third-order valence-corrected chi connectivity index (χ3v) is 4.57. The Morgan fingerprint density at radius 1 is 1.06 bits per heavy atom. The van der Waals surface area contributed by atoms with Crippen LogP contribution in [0.2, 0.25) is 0 Å². The van der Waals surface area contributed by atoms with Crippen LogP contribution in [0.1, 0.15) is 0 Å². The van der Waals surface area contributed by atoms with Crippen molar-refractivity contribution in [3.8, 4) is 0 Å². The van der Waals surface area contributed by atoms with Crippen molar-refractivity contribution in [3.05, 3.63) is 0 Å². The summed E-state index contributed by atoms with van der Waals surface area (Å²) < 4.78 is 12.3. The summed E-state index contributed by atoms with van der Waals surface area (Å²) in [6.07, 6.45) is -0.00213. The van der Waals surface area contributed by atoms with Gasteiger partial charge in [0.2, 0.25) is 0 Å². The fourth-order valence-electron chi connectivity index (χ4n) is 1.55. The summed E-state index contributed by atoms with van der Waals surface area (Å²) >= 11 is 13.1. The van der Waals surface area contributed by atoms with E-state index < -0.39 is 0 Å². The van der Waals surface area contributed by atoms with Crippen LogP contribution in [-0.2, 0) is 9.47 Å². The third kappa shape index (κ3) is 4.83. The van der Waals surface area contributed by atoms with Gasteiger partial charge in [0, 0.05) is 0 Å². The van der Waals surface area contributed by atoms with Crippen LogP contribution in [0.15, 0.2) is 0 Å². The Hall–Kier alpha value is 0.420.